The highest BCUT2D eigenvalue weighted by molar-refractivity contribution is 7.91. The van der Waals surface area contributed by atoms with E-state index in [-0.39, 0.29) is 28.2 Å². The topological polar surface area (TPSA) is 116 Å². The normalized spacial score (nSPS) is 18.4. The third-order valence-electron chi connectivity index (χ3n) is 4.92. The van der Waals surface area contributed by atoms with Gasteiger partial charge in [0.15, 0.2) is 15.5 Å². The van der Waals surface area contributed by atoms with Crippen molar-refractivity contribution in [3.63, 3.8) is 0 Å². The summed E-state index contributed by atoms with van der Waals surface area (Å²) in [5.41, 5.74) is -1.33. The molecule has 3 aromatic rings. The standard InChI is InChI=1S/C18H16F3N5O4S/c19-18(20,21)11-2-1-3-12(6-11)24-15(27)8-25-10-22-16-14(17(25)28)7-23-26(16)13-4-5-31(29,30)9-13/h1-3,6-7,10,13H,4-5,8-9H2,(H,24,27)/t13-/m0/s1. The predicted molar refractivity (Wildman–Crippen MR) is 104 cm³/mol. The van der Waals surface area contributed by atoms with Crippen LogP contribution in [-0.2, 0) is 27.4 Å². The van der Waals surface area contributed by atoms with Crippen molar-refractivity contribution in [2.75, 3.05) is 16.8 Å². The summed E-state index contributed by atoms with van der Waals surface area (Å²) in [4.78, 5) is 29.1. The van der Waals surface area contributed by atoms with Gasteiger partial charge >= 0.3 is 6.18 Å². The molecule has 1 N–H and O–H groups in total. The van der Waals surface area contributed by atoms with Gasteiger partial charge in [-0.05, 0) is 24.6 Å². The van der Waals surface area contributed by atoms with E-state index in [4.69, 9.17) is 0 Å². The average Bonchev–Trinajstić information content (AvgIpc) is 3.26. The first-order valence-electron chi connectivity index (χ1n) is 9.14. The molecule has 1 aromatic carbocycles. The number of carbonyl (C=O) groups excluding carboxylic acids is 1. The van der Waals surface area contributed by atoms with Gasteiger partial charge in [0.1, 0.15) is 18.3 Å². The van der Waals surface area contributed by atoms with Crippen LogP contribution in [0.3, 0.4) is 0 Å². The minimum Gasteiger partial charge on any atom is -0.325 e. The van der Waals surface area contributed by atoms with Gasteiger partial charge in [0.05, 0.1) is 29.3 Å². The van der Waals surface area contributed by atoms with E-state index < -0.39 is 45.6 Å². The maximum atomic E-state index is 12.8. The van der Waals surface area contributed by atoms with Crippen molar-refractivity contribution in [3.05, 3.63) is 52.7 Å². The molecule has 164 valence electrons. The Morgan fingerprint density at radius 3 is 2.74 bits per heavy atom. The fourth-order valence-corrected chi connectivity index (χ4v) is 5.14. The molecule has 13 heteroatoms. The zero-order valence-electron chi connectivity index (χ0n) is 15.8. The van der Waals surface area contributed by atoms with Crippen LogP contribution in [0.25, 0.3) is 11.0 Å². The van der Waals surface area contributed by atoms with Crippen LogP contribution in [0.5, 0.6) is 0 Å². The lowest BCUT2D eigenvalue weighted by Gasteiger charge is -2.11. The van der Waals surface area contributed by atoms with Crippen molar-refractivity contribution in [1.82, 2.24) is 19.3 Å². The molecule has 31 heavy (non-hydrogen) atoms. The second kappa shape index (κ2) is 7.48. The van der Waals surface area contributed by atoms with Crippen molar-refractivity contribution >= 4 is 32.5 Å². The molecule has 2 aromatic heterocycles. The van der Waals surface area contributed by atoms with Crippen LogP contribution in [0, 0.1) is 0 Å². The first kappa shape index (κ1) is 21.0. The van der Waals surface area contributed by atoms with Gasteiger partial charge in [-0.25, -0.2) is 18.1 Å². The smallest absolute Gasteiger partial charge is 0.325 e. The van der Waals surface area contributed by atoms with Gasteiger partial charge in [0.2, 0.25) is 5.91 Å². The Morgan fingerprint density at radius 1 is 1.29 bits per heavy atom. The van der Waals surface area contributed by atoms with Crippen LogP contribution in [0.2, 0.25) is 0 Å². The van der Waals surface area contributed by atoms with Gasteiger partial charge < -0.3 is 5.32 Å². The Kier molecular flexibility index (Phi) is 5.07. The molecule has 1 fully saturated rings. The van der Waals surface area contributed by atoms with E-state index in [2.05, 4.69) is 15.4 Å². The van der Waals surface area contributed by atoms with Gasteiger partial charge in [-0.15, -0.1) is 0 Å². The minimum atomic E-state index is -4.55. The zero-order chi connectivity index (χ0) is 22.4. The lowest BCUT2D eigenvalue weighted by atomic mass is 10.2. The molecule has 0 unspecified atom stereocenters. The maximum Gasteiger partial charge on any atom is 0.416 e. The number of fused-ring (bicyclic) bond motifs is 1. The summed E-state index contributed by atoms with van der Waals surface area (Å²) in [6.07, 6.45) is -1.80. The highest BCUT2D eigenvalue weighted by Gasteiger charge is 2.32. The number of carbonyl (C=O) groups is 1. The number of sulfone groups is 1. The monoisotopic (exact) mass is 455 g/mol. The molecule has 0 saturated carbocycles. The van der Waals surface area contributed by atoms with E-state index in [1.165, 1.54) is 16.9 Å². The van der Waals surface area contributed by atoms with Gasteiger partial charge in [-0.3, -0.25) is 14.2 Å². The minimum absolute atomic E-state index is 0.0335. The molecule has 4 rings (SSSR count). The third-order valence-corrected chi connectivity index (χ3v) is 6.67. The van der Waals surface area contributed by atoms with Gasteiger partial charge in [0.25, 0.3) is 5.56 Å². The predicted octanol–water partition coefficient (Wildman–Crippen LogP) is 1.61. The van der Waals surface area contributed by atoms with Crippen molar-refractivity contribution in [1.29, 1.82) is 0 Å². The van der Waals surface area contributed by atoms with Crippen molar-refractivity contribution in [3.8, 4) is 0 Å². The summed E-state index contributed by atoms with van der Waals surface area (Å²) in [7, 11) is -3.16. The zero-order valence-corrected chi connectivity index (χ0v) is 16.7. The number of alkyl halides is 3. The quantitative estimate of drug-likeness (QED) is 0.639. The van der Waals surface area contributed by atoms with Crippen LogP contribution in [0.15, 0.2) is 41.6 Å². The number of halogens is 3. The summed E-state index contributed by atoms with van der Waals surface area (Å²) in [5, 5.41) is 6.53. The lowest BCUT2D eigenvalue weighted by molar-refractivity contribution is -0.137. The SMILES string of the molecule is O=C(Cn1cnc2c(cnn2[C@H]2CCS(=O)(=O)C2)c1=O)Nc1cccc(C(F)(F)F)c1. The Bertz CT molecular complexity index is 1330. The Morgan fingerprint density at radius 2 is 2.06 bits per heavy atom. The second-order valence-corrected chi connectivity index (χ2v) is 9.42. The van der Waals surface area contributed by atoms with E-state index in [0.717, 1.165) is 29.1 Å². The Balaban J connectivity index is 1.54. The van der Waals surface area contributed by atoms with Crippen molar-refractivity contribution < 1.29 is 26.4 Å². The number of anilines is 1. The maximum absolute atomic E-state index is 12.8. The van der Waals surface area contributed by atoms with Crippen LogP contribution < -0.4 is 10.9 Å². The fourth-order valence-electron chi connectivity index (χ4n) is 3.44. The van der Waals surface area contributed by atoms with Crippen LogP contribution in [-0.4, -0.2) is 45.2 Å². The molecule has 0 aliphatic carbocycles. The van der Waals surface area contributed by atoms with Gasteiger partial charge in [-0.2, -0.15) is 18.3 Å². The number of hydrogen-bond acceptors (Lipinski definition) is 6. The number of nitrogens with one attached hydrogen (secondary N) is 1. The lowest BCUT2D eigenvalue weighted by Crippen LogP contribution is -2.28. The number of benzene rings is 1. The van der Waals surface area contributed by atoms with Gasteiger partial charge in [-0.1, -0.05) is 6.07 Å². The number of rotatable bonds is 4. The molecule has 9 nitrogen and oxygen atoms in total. The van der Waals surface area contributed by atoms with Crippen LogP contribution in [0.1, 0.15) is 18.0 Å². The summed E-state index contributed by atoms with van der Waals surface area (Å²) in [6, 6.07) is 3.72. The molecule has 0 bridgehead atoms. The van der Waals surface area contributed by atoms with Gasteiger partial charge in [0, 0.05) is 5.69 Å². The summed E-state index contributed by atoms with van der Waals surface area (Å²) in [5.74, 6) is -0.767. The number of nitrogens with zero attached hydrogens (tertiary/aromatic N) is 4. The highest BCUT2D eigenvalue weighted by atomic mass is 32.2. The molecule has 3 heterocycles. The number of amides is 1. The molecule has 1 aliphatic rings. The highest BCUT2D eigenvalue weighted by Crippen LogP contribution is 2.30. The largest absolute Gasteiger partial charge is 0.416 e. The van der Waals surface area contributed by atoms with E-state index in [1.807, 2.05) is 0 Å². The van der Waals surface area contributed by atoms with E-state index in [1.54, 1.807) is 0 Å². The third kappa shape index (κ3) is 4.31. The van der Waals surface area contributed by atoms with E-state index in [9.17, 15) is 31.2 Å². The number of aromatic nitrogens is 4. The first-order valence-corrected chi connectivity index (χ1v) is 11.0. The van der Waals surface area contributed by atoms with E-state index >= 15 is 0 Å². The Hall–Kier alpha value is -3.22. The average molecular weight is 455 g/mol. The molecular formula is C18H16F3N5O4S. The molecule has 1 saturated heterocycles. The molecule has 1 amide bonds. The Labute approximate surface area is 173 Å². The number of hydrogen-bond donors (Lipinski definition) is 1. The summed E-state index contributed by atoms with van der Waals surface area (Å²) >= 11 is 0. The fraction of sp³-hybridized carbons (Fsp3) is 0.333. The van der Waals surface area contributed by atoms with E-state index in [0.29, 0.717) is 6.42 Å². The summed E-state index contributed by atoms with van der Waals surface area (Å²) in [6.45, 7) is -0.471. The molecule has 1 atom stereocenters. The van der Waals surface area contributed by atoms with Crippen LogP contribution in [0.4, 0.5) is 18.9 Å². The second-order valence-electron chi connectivity index (χ2n) is 7.19. The molecule has 0 radical (unpaired) electrons. The summed E-state index contributed by atoms with van der Waals surface area (Å²) < 4.78 is 64.2. The van der Waals surface area contributed by atoms with Crippen molar-refractivity contribution in [2.24, 2.45) is 0 Å². The molecule has 1 aliphatic heterocycles. The van der Waals surface area contributed by atoms with Crippen LogP contribution >= 0.6 is 0 Å². The molecule has 0 spiro atoms. The first-order chi connectivity index (χ1) is 14.5. The van der Waals surface area contributed by atoms with Crippen molar-refractivity contribution in [2.45, 2.75) is 25.2 Å². The molecular weight excluding hydrogens is 439 g/mol.